The Balaban J connectivity index is 1.69. The summed E-state index contributed by atoms with van der Waals surface area (Å²) >= 11 is 0. The molecule has 182 valence electrons. The van der Waals surface area contributed by atoms with Crippen molar-refractivity contribution in [1.29, 1.82) is 0 Å². The van der Waals surface area contributed by atoms with Crippen molar-refractivity contribution in [1.82, 2.24) is 14.8 Å². The van der Waals surface area contributed by atoms with E-state index in [1.165, 1.54) is 12.1 Å². The van der Waals surface area contributed by atoms with Gasteiger partial charge in [-0.05, 0) is 62.1 Å². The molecule has 0 amide bonds. The summed E-state index contributed by atoms with van der Waals surface area (Å²) in [7, 11) is 0. The number of carboxylic acids is 1. The zero-order valence-corrected chi connectivity index (χ0v) is 19.2. The number of H-pyrrole nitrogens is 1. The van der Waals surface area contributed by atoms with E-state index in [9.17, 15) is 14.3 Å². The van der Waals surface area contributed by atoms with Crippen LogP contribution in [0.25, 0.3) is 27.5 Å². The first kappa shape index (κ1) is 22.2. The van der Waals surface area contributed by atoms with E-state index in [-0.39, 0.29) is 30.7 Å². The molecule has 2 fully saturated rings. The maximum Gasteiger partial charge on any atom is 0.335 e. The number of hydrogen-bond acceptors (Lipinski definition) is 4. The number of carboxylic acid groups (broad SMARTS) is 1. The molecule has 0 spiro atoms. The molecule has 0 unspecified atom stereocenters. The quantitative estimate of drug-likeness (QED) is 0.427. The van der Waals surface area contributed by atoms with Gasteiger partial charge in [0.05, 0.1) is 18.3 Å². The lowest BCUT2D eigenvalue weighted by molar-refractivity contribution is -0.157. The molecule has 0 radical (unpaired) electrons. The van der Waals surface area contributed by atoms with Crippen molar-refractivity contribution in [3.63, 3.8) is 0 Å². The second-order valence-corrected chi connectivity index (χ2v) is 9.66. The van der Waals surface area contributed by atoms with Gasteiger partial charge < -0.3 is 19.1 Å². The van der Waals surface area contributed by atoms with Gasteiger partial charge in [-0.3, -0.25) is 5.10 Å². The van der Waals surface area contributed by atoms with Gasteiger partial charge in [0.25, 0.3) is 0 Å². The van der Waals surface area contributed by atoms with Crippen LogP contribution >= 0.6 is 0 Å². The summed E-state index contributed by atoms with van der Waals surface area (Å²) in [5.74, 6) is -2.09. The number of fused-ring (bicyclic) bond motifs is 2. The summed E-state index contributed by atoms with van der Waals surface area (Å²) < 4.78 is 43.4. The van der Waals surface area contributed by atoms with Crippen LogP contribution in [0.4, 0.5) is 8.78 Å². The lowest BCUT2D eigenvalue weighted by atomic mass is 9.84. The molecule has 4 aromatic rings. The summed E-state index contributed by atoms with van der Waals surface area (Å²) in [6.07, 6.45) is 3.29. The van der Waals surface area contributed by atoms with Gasteiger partial charge >= 0.3 is 5.97 Å². The van der Waals surface area contributed by atoms with Crippen LogP contribution < -0.4 is 0 Å². The average Bonchev–Trinajstić information content (AvgIpc) is 3.57. The Labute approximate surface area is 199 Å². The summed E-state index contributed by atoms with van der Waals surface area (Å²) in [6, 6.07) is 8.04. The number of aliphatic carboxylic acids is 1. The number of rotatable bonds is 4. The fraction of sp³-hybridized carbons (Fsp3) is 0.385. The van der Waals surface area contributed by atoms with Gasteiger partial charge in [0.2, 0.25) is 0 Å². The number of ether oxygens (including phenoxy) is 2. The molecule has 2 aromatic carbocycles. The van der Waals surface area contributed by atoms with E-state index < -0.39 is 17.4 Å². The van der Waals surface area contributed by atoms with Crippen LogP contribution in [0, 0.1) is 11.6 Å². The Morgan fingerprint density at radius 1 is 1.20 bits per heavy atom. The third-order valence-corrected chi connectivity index (χ3v) is 7.48. The van der Waals surface area contributed by atoms with E-state index in [2.05, 4.69) is 10.2 Å². The maximum absolute atomic E-state index is 16.2. The van der Waals surface area contributed by atoms with Gasteiger partial charge in [0.15, 0.2) is 11.4 Å². The first-order valence-corrected chi connectivity index (χ1v) is 11.8. The molecule has 35 heavy (non-hydrogen) atoms. The van der Waals surface area contributed by atoms with Crippen molar-refractivity contribution < 1.29 is 28.2 Å². The molecule has 2 saturated heterocycles. The molecular weight excluding hydrogens is 456 g/mol. The topological polar surface area (TPSA) is 89.4 Å². The number of nitrogens with zero attached hydrogens (tertiary/aromatic N) is 2. The Hall–Kier alpha value is -3.30. The predicted molar refractivity (Wildman–Crippen MR) is 125 cm³/mol. The van der Waals surface area contributed by atoms with Crippen molar-refractivity contribution in [2.24, 2.45) is 0 Å². The fourth-order valence-electron chi connectivity index (χ4n) is 5.71. The van der Waals surface area contributed by atoms with Gasteiger partial charge in [0.1, 0.15) is 11.3 Å². The van der Waals surface area contributed by atoms with Crippen LogP contribution in [0.1, 0.15) is 49.3 Å². The van der Waals surface area contributed by atoms with Crippen LogP contribution in [-0.2, 0) is 14.3 Å². The minimum absolute atomic E-state index is 0.0590. The van der Waals surface area contributed by atoms with Crippen molar-refractivity contribution in [2.45, 2.75) is 43.6 Å². The number of hydrogen-bond donors (Lipinski definition) is 2. The number of benzene rings is 2. The summed E-state index contributed by atoms with van der Waals surface area (Å²) in [5.41, 5.74) is 1.98. The monoisotopic (exact) mass is 481 g/mol. The molecule has 2 aromatic heterocycles. The van der Waals surface area contributed by atoms with E-state index in [4.69, 9.17) is 9.47 Å². The number of aromatic nitrogens is 3. The summed E-state index contributed by atoms with van der Waals surface area (Å²) in [5, 5.41) is 17.6. The van der Waals surface area contributed by atoms with Crippen molar-refractivity contribution in [3.8, 4) is 5.69 Å². The molecule has 2 N–H and O–H groups in total. The highest BCUT2D eigenvalue weighted by atomic mass is 19.1. The van der Waals surface area contributed by atoms with Crippen LogP contribution in [0.5, 0.6) is 0 Å². The predicted octanol–water partition coefficient (Wildman–Crippen LogP) is 5.03. The molecule has 4 heterocycles. The Morgan fingerprint density at radius 3 is 2.63 bits per heavy atom. The van der Waals surface area contributed by atoms with Gasteiger partial charge in [-0.15, -0.1) is 0 Å². The second-order valence-electron chi connectivity index (χ2n) is 9.66. The molecule has 0 aliphatic carbocycles. The highest BCUT2D eigenvalue weighted by molar-refractivity contribution is 6.00. The molecular formula is C26H25F2N3O4. The highest BCUT2D eigenvalue weighted by Gasteiger charge is 2.46. The van der Waals surface area contributed by atoms with Crippen molar-refractivity contribution in [3.05, 3.63) is 59.4 Å². The van der Waals surface area contributed by atoms with E-state index in [1.54, 1.807) is 25.3 Å². The van der Waals surface area contributed by atoms with Crippen LogP contribution in [0.2, 0.25) is 0 Å². The smallest absolute Gasteiger partial charge is 0.335 e. The van der Waals surface area contributed by atoms with E-state index >= 15 is 4.39 Å². The third kappa shape index (κ3) is 3.44. The first-order valence-electron chi connectivity index (χ1n) is 11.8. The number of aromatic amines is 1. The largest absolute Gasteiger partial charge is 0.479 e. The molecule has 7 nitrogen and oxygen atoms in total. The lowest BCUT2D eigenvalue weighted by Crippen LogP contribution is -2.34. The van der Waals surface area contributed by atoms with Gasteiger partial charge in [-0.1, -0.05) is 0 Å². The van der Waals surface area contributed by atoms with E-state index in [1.807, 2.05) is 10.6 Å². The Morgan fingerprint density at radius 2 is 1.94 bits per heavy atom. The van der Waals surface area contributed by atoms with Gasteiger partial charge in [-0.25, -0.2) is 13.6 Å². The molecule has 6 rings (SSSR count). The normalized spacial score (nSPS) is 23.5. The minimum Gasteiger partial charge on any atom is -0.479 e. The SMILES string of the molecule is C[C@@]1(C(=O)O)C[C@@H](c2c(C3CCOCC3)n(-c3ccc(F)cc3)c3cc4cn[nH]c4c(F)c23)CO1. The van der Waals surface area contributed by atoms with E-state index in [0.717, 1.165) is 24.1 Å². The zero-order valence-electron chi connectivity index (χ0n) is 19.2. The summed E-state index contributed by atoms with van der Waals surface area (Å²) in [6.45, 7) is 2.89. The standard InChI is InChI=1S/C26H25F2N3O4/c1-26(25(32)33)11-16(13-35-26)20-21-19(10-15-12-29-30-23(15)22(21)28)31(18-4-2-17(27)3-5-18)24(20)14-6-8-34-9-7-14/h2-5,10,12,14,16H,6-9,11,13H2,1H3,(H,29,30)(H,32,33)/t16-,26+/m1/s1. The van der Waals surface area contributed by atoms with Crippen molar-refractivity contribution in [2.75, 3.05) is 19.8 Å². The molecule has 2 aliphatic rings. The van der Waals surface area contributed by atoms with Crippen LogP contribution in [0.15, 0.2) is 36.5 Å². The van der Waals surface area contributed by atoms with Gasteiger partial charge in [-0.2, -0.15) is 5.10 Å². The highest BCUT2D eigenvalue weighted by Crippen LogP contribution is 2.48. The van der Waals surface area contributed by atoms with Gasteiger partial charge in [0, 0.05) is 47.2 Å². The number of nitrogens with one attached hydrogen (secondary N) is 1. The summed E-state index contributed by atoms with van der Waals surface area (Å²) in [4.78, 5) is 11.9. The lowest BCUT2D eigenvalue weighted by Gasteiger charge is -2.27. The Kier molecular flexibility index (Phi) is 5.16. The molecule has 0 bridgehead atoms. The van der Waals surface area contributed by atoms with Crippen LogP contribution in [-0.4, -0.2) is 51.3 Å². The molecule has 0 saturated carbocycles. The number of halogens is 2. The second kappa shape index (κ2) is 8.13. The Bertz CT molecular complexity index is 1440. The number of carbonyl (C=O) groups is 1. The maximum atomic E-state index is 16.2. The molecule has 2 atom stereocenters. The average molecular weight is 481 g/mol. The van der Waals surface area contributed by atoms with E-state index in [0.29, 0.717) is 40.7 Å². The molecule has 2 aliphatic heterocycles. The first-order chi connectivity index (χ1) is 16.9. The zero-order chi connectivity index (χ0) is 24.3. The minimum atomic E-state index is -1.35. The third-order valence-electron chi connectivity index (χ3n) is 7.48. The van der Waals surface area contributed by atoms with Crippen molar-refractivity contribution >= 4 is 27.8 Å². The van der Waals surface area contributed by atoms with Crippen LogP contribution in [0.3, 0.4) is 0 Å². The molecule has 9 heteroatoms. The fourth-order valence-corrected chi connectivity index (χ4v) is 5.71.